The lowest BCUT2D eigenvalue weighted by molar-refractivity contribution is -0.131. The van der Waals surface area contributed by atoms with Gasteiger partial charge >= 0.3 is 5.97 Å². The third kappa shape index (κ3) is 4.21. The minimum Gasteiger partial charge on any atom is -0.490 e. The third-order valence-corrected chi connectivity index (χ3v) is 2.89. The Morgan fingerprint density at radius 1 is 1.10 bits per heavy atom. The van der Waals surface area contributed by atoms with Crippen LogP contribution in [0.25, 0.3) is 17.2 Å². The lowest BCUT2D eigenvalue weighted by atomic mass is 10.0. The van der Waals surface area contributed by atoms with Gasteiger partial charge in [0.05, 0.1) is 6.10 Å². The van der Waals surface area contributed by atoms with E-state index in [1.54, 1.807) is 6.08 Å². The third-order valence-electron chi connectivity index (χ3n) is 2.89. The van der Waals surface area contributed by atoms with Crippen molar-refractivity contribution < 1.29 is 14.6 Å². The van der Waals surface area contributed by atoms with Gasteiger partial charge in [0, 0.05) is 11.6 Å². The van der Waals surface area contributed by atoms with Gasteiger partial charge in [-0.1, -0.05) is 36.4 Å². The van der Waals surface area contributed by atoms with Crippen LogP contribution in [0.5, 0.6) is 5.75 Å². The molecule has 0 bridgehead atoms. The van der Waals surface area contributed by atoms with Gasteiger partial charge < -0.3 is 9.84 Å². The Balaban J connectivity index is 2.43. The molecule has 108 valence electrons. The standard InChI is InChI=1S/C18H18O3/c1-13(2)21-17-10-8-15(14-6-4-3-5-7-14)12-16(17)9-11-18(19)20/h3-13H,1-2H3,(H,19,20)/b11-9-. The van der Waals surface area contributed by atoms with E-state index in [-0.39, 0.29) is 6.10 Å². The molecule has 0 saturated heterocycles. The molecule has 0 amide bonds. The summed E-state index contributed by atoms with van der Waals surface area (Å²) >= 11 is 0. The van der Waals surface area contributed by atoms with Crippen molar-refractivity contribution >= 4 is 12.0 Å². The van der Waals surface area contributed by atoms with Crippen LogP contribution >= 0.6 is 0 Å². The van der Waals surface area contributed by atoms with Gasteiger partial charge in [0.1, 0.15) is 5.75 Å². The zero-order valence-electron chi connectivity index (χ0n) is 12.1. The van der Waals surface area contributed by atoms with E-state index in [1.165, 1.54) is 0 Å². The monoisotopic (exact) mass is 282 g/mol. The minimum atomic E-state index is -0.976. The molecule has 0 saturated carbocycles. The van der Waals surface area contributed by atoms with Gasteiger partial charge in [-0.15, -0.1) is 0 Å². The Bertz CT molecular complexity index is 643. The van der Waals surface area contributed by atoms with Gasteiger partial charge in [-0.2, -0.15) is 0 Å². The van der Waals surface area contributed by atoms with Crippen molar-refractivity contribution in [3.63, 3.8) is 0 Å². The van der Waals surface area contributed by atoms with E-state index in [4.69, 9.17) is 9.84 Å². The average molecular weight is 282 g/mol. The van der Waals surface area contributed by atoms with Crippen LogP contribution in [0.3, 0.4) is 0 Å². The summed E-state index contributed by atoms with van der Waals surface area (Å²) in [5.74, 6) is -0.294. The van der Waals surface area contributed by atoms with Crippen molar-refractivity contribution in [2.75, 3.05) is 0 Å². The van der Waals surface area contributed by atoms with Crippen molar-refractivity contribution in [2.45, 2.75) is 20.0 Å². The fourth-order valence-corrected chi connectivity index (χ4v) is 2.01. The predicted octanol–water partition coefficient (Wildman–Crippen LogP) is 4.24. The first-order chi connectivity index (χ1) is 10.1. The summed E-state index contributed by atoms with van der Waals surface area (Å²) in [5, 5.41) is 8.81. The SMILES string of the molecule is CC(C)Oc1ccc(-c2ccccc2)cc1/C=C\C(=O)O. The first-order valence-corrected chi connectivity index (χ1v) is 6.83. The summed E-state index contributed by atoms with van der Waals surface area (Å²) in [7, 11) is 0. The van der Waals surface area contributed by atoms with Crippen LogP contribution in [0.2, 0.25) is 0 Å². The number of ether oxygens (including phenoxy) is 1. The van der Waals surface area contributed by atoms with Crippen LogP contribution in [0.1, 0.15) is 19.4 Å². The number of carbonyl (C=O) groups is 1. The lowest BCUT2D eigenvalue weighted by Crippen LogP contribution is -2.06. The molecule has 0 radical (unpaired) electrons. The number of aliphatic carboxylic acids is 1. The van der Waals surface area contributed by atoms with E-state index >= 15 is 0 Å². The first kappa shape index (κ1) is 14.9. The normalized spacial score (nSPS) is 11.0. The summed E-state index contributed by atoms with van der Waals surface area (Å²) in [4.78, 5) is 10.7. The largest absolute Gasteiger partial charge is 0.490 e. The smallest absolute Gasteiger partial charge is 0.328 e. The number of hydrogen-bond donors (Lipinski definition) is 1. The highest BCUT2D eigenvalue weighted by molar-refractivity contribution is 5.86. The Kier molecular flexibility index (Phi) is 4.77. The molecule has 1 N–H and O–H groups in total. The minimum absolute atomic E-state index is 0.0320. The molecule has 21 heavy (non-hydrogen) atoms. The van der Waals surface area contributed by atoms with Crippen LogP contribution in [-0.2, 0) is 4.79 Å². The van der Waals surface area contributed by atoms with Crippen LogP contribution < -0.4 is 4.74 Å². The second kappa shape index (κ2) is 6.75. The molecule has 2 aromatic carbocycles. The Labute approximate surface area is 124 Å². The molecule has 0 aliphatic carbocycles. The lowest BCUT2D eigenvalue weighted by Gasteiger charge is -2.14. The summed E-state index contributed by atoms with van der Waals surface area (Å²) < 4.78 is 5.72. The molecule has 3 heteroatoms. The first-order valence-electron chi connectivity index (χ1n) is 6.83. The Morgan fingerprint density at radius 3 is 2.43 bits per heavy atom. The Morgan fingerprint density at radius 2 is 1.81 bits per heavy atom. The fourth-order valence-electron chi connectivity index (χ4n) is 2.01. The highest BCUT2D eigenvalue weighted by atomic mass is 16.5. The highest BCUT2D eigenvalue weighted by Gasteiger charge is 2.06. The molecule has 3 nitrogen and oxygen atoms in total. The Hall–Kier alpha value is -2.55. The average Bonchev–Trinajstić information content (AvgIpc) is 2.46. The van der Waals surface area contributed by atoms with E-state index in [2.05, 4.69) is 0 Å². The quantitative estimate of drug-likeness (QED) is 0.834. The molecule has 0 aliphatic heterocycles. The van der Waals surface area contributed by atoms with Gasteiger partial charge in [0.25, 0.3) is 0 Å². The second-order valence-corrected chi connectivity index (χ2v) is 4.96. The van der Waals surface area contributed by atoms with Crippen LogP contribution in [0, 0.1) is 0 Å². The second-order valence-electron chi connectivity index (χ2n) is 4.96. The number of benzene rings is 2. The topological polar surface area (TPSA) is 46.5 Å². The number of rotatable bonds is 5. The molecule has 0 spiro atoms. The summed E-state index contributed by atoms with van der Waals surface area (Å²) in [6, 6.07) is 15.7. The van der Waals surface area contributed by atoms with Crippen molar-refractivity contribution in [1.82, 2.24) is 0 Å². The van der Waals surface area contributed by atoms with Crippen molar-refractivity contribution in [3.05, 3.63) is 60.2 Å². The predicted molar refractivity (Wildman–Crippen MR) is 84.3 cm³/mol. The van der Waals surface area contributed by atoms with Gasteiger partial charge in [0.2, 0.25) is 0 Å². The van der Waals surface area contributed by atoms with Crippen LogP contribution in [-0.4, -0.2) is 17.2 Å². The van der Waals surface area contributed by atoms with Gasteiger partial charge in [-0.25, -0.2) is 4.79 Å². The van der Waals surface area contributed by atoms with Crippen molar-refractivity contribution in [3.8, 4) is 16.9 Å². The molecule has 0 atom stereocenters. The molecular weight excluding hydrogens is 264 g/mol. The number of carboxylic acids is 1. The van der Waals surface area contributed by atoms with E-state index < -0.39 is 5.97 Å². The highest BCUT2D eigenvalue weighted by Crippen LogP contribution is 2.28. The van der Waals surface area contributed by atoms with E-state index in [0.29, 0.717) is 5.75 Å². The van der Waals surface area contributed by atoms with Crippen LogP contribution in [0.4, 0.5) is 0 Å². The summed E-state index contributed by atoms with van der Waals surface area (Å²) in [5.41, 5.74) is 2.86. The van der Waals surface area contributed by atoms with E-state index in [9.17, 15) is 4.79 Å². The molecule has 0 aromatic heterocycles. The maximum Gasteiger partial charge on any atom is 0.328 e. The summed E-state index contributed by atoms with van der Waals surface area (Å²) in [6.07, 6.45) is 2.72. The van der Waals surface area contributed by atoms with Gasteiger partial charge in [-0.05, 0) is 43.2 Å². The number of carboxylic acid groups (broad SMARTS) is 1. The number of hydrogen-bond acceptors (Lipinski definition) is 2. The zero-order chi connectivity index (χ0) is 15.2. The fraction of sp³-hybridized carbons (Fsp3) is 0.167. The molecular formula is C18H18O3. The summed E-state index contributed by atoms with van der Waals surface area (Å²) in [6.45, 7) is 3.88. The van der Waals surface area contributed by atoms with Crippen molar-refractivity contribution in [1.29, 1.82) is 0 Å². The van der Waals surface area contributed by atoms with Gasteiger partial charge in [-0.3, -0.25) is 0 Å². The molecule has 2 rings (SSSR count). The van der Waals surface area contributed by atoms with E-state index in [1.807, 2.05) is 62.4 Å². The molecule has 0 aliphatic rings. The van der Waals surface area contributed by atoms with E-state index in [0.717, 1.165) is 22.8 Å². The maximum absolute atomic E-state index is 10.7. The van der Waals surface area contributed by atoms with Crippen molar-refractivity contribution in [2.24, 2.45) is 0 Å². The van der Waals surface area contributed by atoms with Gasteiger partial charge in [0.15, 0.2) is 0 Å². The molecule has 2 aromatic rings. The molecule has 0 unspecified atom stereocenters. The zero-order valence-corrected chi connectivity index (χ0v) is 12.1. The van der Waals surface area contributed by atoms with Crippen LogP contribution in [0.15, 0.2) is 54.6 Å². The molecule has 0 heterocycles. The molecule has 0 fully saturated rings. The maximum atomic E-state index is 10.7.